The molecule has 0 aliphatic carbocycles. The van der Waals surface area contributed by atoms with E-state index in [0.717, 1.165) is 37.3 Å². The third-order valence-corrected chi connectivity index (χ3v) is 4.76. The molecule has 1 aliphatic heterocycles. The van der Waals surface area contributed by atoms with Crippen LogP contribution in [-0.4, -0.2) is 37.0 Å². The molecule has 1 aliphatic rings. The topological polar surface area (TPSA) is 23.6 Å². The first-order valence-electron chi connectivity index (χ1n) is 8.23. The highest BCUT2D eigenvalue weighted by atomic mass is 16.2. The lowest BCUT2D eigenvalue weighted by atomic mass is 10.00. The van der Waals surface area contributed by atoms with E-state index in [0.29, 0.717) is 0 Å². The van der Waals surface area contributed by atoms with Crippen LogP contribution in [-0.2, 0) is 0 Å². The van der Waals surface area contributed by atoms with Crippen LogP contribution in [0.1, 0.15) is 27.0 Å². The van der Waals surface area contributed by atoms with Gasteiger partial charge in [-0.15, -0.1) is 0 Å². The van der Waals surface area contributed by atoms with Gasteiger partial charge in [-0.1, -0.05) is 24.3 Å². The number of piperazine rings is 1. The molecule has 2 aromatic rings. The lowest BCUT2D eigenvalue weighted by Crippen LogP contribution is -2.49. The highest BCUT2D eigenvalue weighted by molar-refractivity contribution is 5.96. The van der Waals surface area contributed by atoms with Gasteiger partial charge >= 0.3 is 0 Å². The van der Waals surface area contributed by atoms with Crippen LogP contribution in [0.4, 0.5) is 5.69 Å². The SMILES string of the molecule is Cc1cc(C)c(C(=O)N2CCN(c3ccccc3)CC2)cc1C. The van der Waals surface area contributed by atoms with E-state index in [4.69, 9.17) is 0 Å². The molecule has 0 N–H and O–H groups in total. The maximum atomic E-state index is 12.8. The molecule has 1 amide bonds. The normalized spacial score (nSPS) is 14.9. The fraction of sp³-hybridized carbons (Fsp3) is 0.350. The van der Waals surface area contributed by atoms with E-state index in [2.05, 4.69) is 49.1 Å². The molecule has 0 spiro atoms. The van der Waals surface area contributed by atoms with Crippen LogP contribution >= 0.6 is 0 Å². The van der Waals surface area contributed by atoms with Crippen molar-refractivity contribution in [2.24, 2.45) is 0 Å². The summed E-state index contributed by atoms with van der Waals surface area (Å²) in [6.45, 7) is 9.52. The van der Waals surface area contributed by atoms with Crippen molar-refractivity contribution in [1.29, 1.82) is 0 Å². The first-order chi connectivity index (χ1) is 11.1. The number of aryl methyl sites for hydroxylation is 3. The molecule has 0 aromatic heterocycles. The Labute approximate surface area is 138 Å². The van der Waals surface area contributed by atoms with Gasteiger partial charge in [-0.2, -0.15) is 0 Å². The van der Waals surface area contributed by atoms with E-state index in [1.807, 2.05) is 24.0 Å². The largest absolute Gasteiger partial charge is 0.368 e. The summed E-state index contributed by atoms with van der Waals surface area (Å²) in [5, 5.41) is 0. The zero-order valence-corrected chi connectivity index (χ0v) is 14.2. The fourth-order valence-corrected chi connectivity index (χ4v) is 3.17. The molecular formula is C20H24N2O. The molecule has 0 atom stereocenters. The van der Waals surface area contributed by atoms with Crippen molar-refractivity contribution >= 4 is 11.6 Å². The van der Waals surface area contributed by atoms with Gasteiger partial charge in [-0.05, 0) is 55.7 Å². The first kappa shape index (κ1) is 15.6. The van der Waals surface area contributed by atoms with E-state index in [-0.39, 0.29) is 5.91 Å². The first-order valence-corrected chi connectivity index (χ1v) is 8.23. The number of nitrogens with zero attached hydrogens (tertiary/aromatic N) is 2. The van der Waals surface area contributed by atoms with Crippen molar-refractivity contribution < 1.29 is 4.79 Å². The number of carbonyl (C=O) groups is 1. The quantitative estimate of drug-likeness (QED) is 0.846. The van der Waals surface area contributed by atoms with Crippen molar-refractivity contribution in [3.63, 3.8) is 0 Å². The third kappa shape index (κ3) is 3.24. The minimum Gasteiger partial charge on any atom is -0.368 e. The van der Waals surface area contributed by atoms with Crippen LogP contribution < -0.4 is 4.90 Å². The Morgan fingerprint density at radius 2 is 1.43 bits per heavy atom. The highest BCUT2D eigenvalue weighted by Gasteiger charge is 2.23. The molecule has 1 heterocycles. The predicted molar refractivity (Wildman–Crippen MR) is 95.2 cm³/mol. The minimum absolute atomic E-state index is 0.165. The summed E-state index contributed by atoms with van der Waals surface area (Å²) in [7, 11) is 0. The zero-order valence-electron chi connectivity index (χ0n) is 14.2. The zero-order chi connectivity index (χ0) is 16.4. The summed E-state index contributed by atoms with van der Waals surface area (Å²) in [6, 6.07) is 14.6. The van der Waals surface area contributed by atoms with Crippen molar-refractivity contribution in [3.8, 4) is 0 Å². The molecule has 3 rings (SSSR count). The summed E-state index contributed by atoms with van der Waals surface area (Å²) in [4.78, 5) is 17.2. The molecule has 0 saturated carbocycles. The predicted octanol–water partition coefficient (Wildman–Crippen LogP) is 3.57. The van der Waals surface area contributed by atoms with Crippen LogP contribution in [0, 0.1) is 20.8 Å². The van der Waals surface area contributed by atoms with Gasteiger partial charge in [-0.3, -0.25) is 4.79 Å². The van der Waals surface area contributed by atoms with Crippen molar-refractivity contribution in [3.05, 3.63) is 64.7 Å². The third-order valence-electron chi connectivity index (χ3n) is 4.76. The van der Waals surface area contributed by atoms with Crippen molar-refractivity contribution in [2.45, 2.75) is 20.8 Å². The molecule has 3 nitrogen and oxygen atoms in total. The second-order valence-electron chi connectivity index (χ2n) is 6.37. The summed E-state index contributed by atoms with van der Waals surface area (Å²) in [5.74, 6) is 0.165. The standard InChI is InChI=1S/C20H24N2O/c1-15-13-17(3)19(14-16(15)2)20(23)22-11-9-21(10-12-22)18-7-5-4-6-8-18/h4-8,13-14H,9-12H2,1-3H3. The molecule has 0 radical (unpaired) electrons. The Kier molecular flexibility index (Phi) is 4.37. The maximum Gasteiger partial charge on any atom is 0.254 e. The molecule has 0 unspecified atom stereocenters. The second-order valence-corrected chi connectivity index (χ2v) is 6.37. The van der Waals surface area contributed by atoms with Gasteiger partial charge in [0.2, 0.25) is 0 Å². The molecule has 2 aromatic carbocycles. The molecule has 120 valence electrons. The summed E-state index contributed by atoms with van der Waals surface area (Å²) < 4.78 is 0. The minimum atomic E-state index is 0.165. The number of hydrogen-bond donors (Lipinski definition) is 0. The Morgan fingerprint density at radius 1 is 0.826 bits per heavy atom. The maximum absolute atomic E-state index is 12.8. The number of rotatable bonds is 2. The molecule has 1 saturated heterocycles. The molecule has 3 heteroatoms. The number of para-hydroxylation sites is 1. The monoisotopic (exact) mass is 308 g/mol. The van der Waals surface area contributed by atoms with Gasteiger partial charge in [0.25, 0.3) is 5.91 Å². The Morgan fingerprint density at radius 3 is 2.09 bits per heavy atom. The number of benzene rings is 2. The summed E-state index contributed by atoms with van der Waals surface area (Å²) in [6.07, 6.45) is 0. The Hall–Kier alpha value is -2.29. The smallest absolute Gasteiger partial charge is 0.254 e. The van der Waals surface area contributed by atoms with E-state index >= 15 is 0 Å². The van der Waals surface area contributed by atoms with E-state index in [1.54, 1.807) is 0 Å². The highest BCUT2D eigenvalue weighted by Crippen LogP contribution is 2.20. The van der Waals surface area contributed by atoms with Gasteiger partial charge in [0.15, 0.2) is 0 Å². The molecule has 1 fully saturated rings. The van der Waals surface area contributed by atoms with E-state index in [1.165, 1.54) is 16.8 Å². The average Bonchev–Trinajstić information content (AvgIpc) is 2.58. The number of amides is 1. The molecule has 23 heavy (non-hydrogen) atoms. The molecular weight excluding hydrogens is 284 g/mol. The number of hydrogen-bond acceptors (Lipinski definition) is 2. The molecule has 0 bridgehead atoms. The lowest BCUT2D eigenvalue weighted by Gasteiger charge is -2.36. The Balaban J connectivity index is 1.70. The second kappa shape index (κ2) is 6.45. The van der Waals surface area contributed by atoms with Crippen LogP contribution in [0.5, 0.6) is 0 Å². The van der Waals surface area contributed by atoms with Crippen LogP contribution in [0.15, 0.2) is 42.5 Å². The van der Waals surface area contributed by atoms with Crippen LogP contribution in [0.25, 0.3) is 0 Å². The lowest BCUT2D eigenvalue weighted by molar-refractivity contribution is 0.0746. The van der Waals surface area contributed by atoms with E-state index < -0.39 is 0 Å². The van der Waals surface area contributed by atoms with Gasteiger partial charge in [0.1, 0.15) is 0 Å². The van der Waals surface area contributed by atoms with Gasteiger partial charge in [0.05, 0.1) is 0 Å². The van der Waals surface area contributed by atoms with Gasteiger partial charge in [0, 0.05) is 37.4 Å². The van der Waals surface area contributed by atoms with Crippen molar-refractivity contribution in [2.75, 3.05) is 31.1 Å². The van der Waals surface area contributed by atoms with E-state index in [9.17, 15) is 4.79 Å². The average molecular weight is 308 g/mol. The summed E-state index contributed by atoms with van der Waals surface area (Å²) >= 11 is 0. The Bertz CT molecular complexity index is 701. The summed E-state index contributed by atoms with van der Waals surface area (Å²) in [5.41, 5.74) is 5.58. The number of carbonyl (C=O) groups excluding carboxylic acids is 1. The van der Waals surface area contributed by atoms with Crippen molar-refractivity contribution in [1.82, 2.24) is 4.90 Å². The van der Waals surface area contributed by atoms with Gasteiger partial charge in [-0.25, -0.2) is 0 Å². The van der Waals surface area contributed by atoms with Gasteiger partial charge < -0.3 is 9.80 Å². The van der Waals surface area contributed by atoms with Crippen LogP contribution in [0.3, 0.4) is 0 Å². The van der Waals surface area contributed by atoms with Crippen LogP contribution in [0.2, 0.25) is 0 Å². The number of anilines is 1. The fourth-order valence-electron chi connectivity index (χ4n) is 3.17.